The summed E-state index contributed by atoms with van der Waals surface area (Å²) in [6, 6.07) is 14.0. The molecule has 1 aliphatic rings. The predicted molar refractivity (Wildman–Crippen MR) is 119 cm³/mol. The van der Waals surface area contributed by atoms with Crippen molar-refractivity contribution in [1.82, 2.24) is 4.57 Å². The van der Waals surface area contributed by atoms with Gasteiger partial charge in [-0.3, -0.25) is 9.59 Å². The Morgan fingerprint density at radius 2 is 1.81 bits per heavy atom. The largest absolute Gasteiger partial charge is 0.508 e. The standard InChI is InChI=1S/C25H25NO6/c1-15-12-22-24(25(29)26(15)11-10-16-4-6-17(27)7-5-16)20(14-23(28)32-22)19-9-8-18(30-2)13-21(19)31-3/h4-9,12-13,20,27H,10-11,14H2,1-3H3/t20-/m0/s1. The third-order valence-corrected chi connectivity index (χ3v) is 5.83. The molecule has 1 N–H and O–H groups in total. The van der Waals surface area contributed by atoms with Crippen LogP contribution in [0, 0.1) is 6.92 Å². The molecule has 0 fully saturated rings. The van der Waals surface area contributed by atoms with E-state index in [1.165, 1.54) is 0 Å². The van der Waals surface area contributed by atoms with Crippen molar-refractivity contribution in [2.24, 2.45) is 0 Å². The van der Waals surface area contributed by atoms with Crippen LogP contribution in [0.3, 0.4) is 0 Å². The molecule has 0 unspecified atom stereocenters. The van der Waals surface area contributed by atoms with E-state index < -0.39 is 5.92 Å². The third kappa shape index (κ3) is 4.06. The van der Waals surface area contributed by atoms with Gasteiger partial charge in [0.25, 0.3) is 5.56 Å². The molecule has 0 saturated heterocycles. The van der Waals surface area contributed by atoms with Gasteiger partial charge in [0.1, 0.15) is 23.0 Å². The maximum atomic E-state index is 13.6. The van der Waals surface area contributed by atoms with E-state index in [9.17, 15) is 14.7 Å². The zero-order valence-electron chi connectivity index (χ0n) is 18.3. The van der Waals surface area contributed by atoms with Crippen LogP contribution in [0.15, 0.2) is 53.3 Å². The van der Waals surface area contributed by atoms with Gasteiger partial charge in [-0.25, -0.2) is 0 Å². The van der Waals surface area contributed by atoms with Gasteiger partial charge in [0.2, 0.25) is 0 Å². The van der Waals surface area contributed by atoms with Crippen LogP contribution >= 0.6 is 0 Å². The second kappa shape index (κ2) is 8.78. The summed E-state index contributed by atoms with van der Waals surface area (Å²) in [5, 5.41) is 9.48. The van der Waals surface area contributed by atoms with Crippen LogP contribution in [0.1, 0.15) is 34.7 Å². The minimum Gasteiger partial charge on any atom is -0.508 e. The molecule has 0 spiro atoms. The van der Waals surface area contributed by atoms with Crippen LogP contribution < -0.4 is 19.8 Å². The average Bonchev–Trinajstić information content (AvgIpc) is 2.78. The Balaban J connectivity index is 1.76. The van der Waals surface area contributed by atoms with Crippen LogP contribution in [-0.2, 0) is 17.8 Å². The Bertz CT molecular complexity index is 1210. The van der Waals surface area contributed by atoms with Gasteiger partial charge in [-0.05, 0) is 37.1 Å². The zero-order chi connectivity index (χ0) is 22.8. The third-order valence-electron chi connectivity index (χ3n) is 5.83. The van der Waals surface area contributed by atoms with Crippen molar-refractivity contribution < 1.29 is 24.1 Å². The van der Waals surface area contributed by atoms with Crippen LogP contribution in [0.25, 0.3) is 0 Å². The minimum absolute atomic E-state index is 0.0476. The molecular formula is C25H25NO6. The Hall–Kier alpha value is -3.74. The highest BCUT2D eigenvalue weighted by molar-refractivity contribution is 5.78. The zero-order valence-corrected chi connectivity index (χ0v) is 18.3. The van der Waals surface area contributed by atoms with Crippen molar-refractivity contribution in [3.8, 4) is 23.0 Å². The van der Waals surface area contributed by atoms with E-state index >= 15 is 0 Å². The number of pyridine rings is 1. The summed E-state index contributed by atoms with van der Waals surface area (Å²) in [5.74, 6) is 0.799. The lowest BCUT2D eigenvalue weighted by Crippen LogP contribution is -2.33. The number of nitrogens with zero attached hydrogens (tertiary/aromatic N) is 1. The number of phenolic OH excluding ortho intramolecular Hbond substituents is 1. The van der Waals surface area contributed by atoms with Gasteiger partial charge in [0, 0.05) is 35.9 Å². The van der Waals surface area contributed by atoms with E-state index in [-0.39, 0.29) is 23.7 Å². The molecule has 0 radical (unpaired) electrons. The Labute approximate surface area is 185 Å². The smallest absolute Gasteiger partial charge is 0.312 e. The first-order valence-corrected chi connectivity index (χ1v) is 10.4. The number of methoxy groups -OCH3 is 2. The molecule has 0 amide bonds. The van der Waals surface area contributed by atoms with Gasteiger partial charge in [0.05, 0.1) is 26.2 Å². The highest BCUT2D eigenvalue weighted by atomic mass is 16.5. The molecule has 3 aromatic rings. The number of benzene rings is 2. The molecule has 0 bridgehead atoms. The lowest BCUT2D eigenvalue weighted by Gasteiger charge is -2.27. The number of carbonyl (C=O) groups excluding carboxylic acids is 1. The fourth-order valence-corrected chi connectivity index (χ4v) is 4.15. The van der Waals surface area contributed by atoms with Crippen LogP contribution in [0.5, 0.6) is 23.0 Å². The number of esters is 1. The van der Waals surface area contributed by atoms with E-state index in [4.69, 9.17) is 14.2 Å². The molecule has 166 valence electrons. The van der Waals surface area contributed by atoms with Gasteiger partial charge in [-0.2, -0.15) is 0 Å². The van der Waals surface area contributed by atoms with Gasteiger partial charge in [-0.15, -0.1) is 0 Å². The molecule has 2 aromatic carbocycles. The normalized spacial score (nSPS) is 15.1. The van der Waals surface area contributed by atoms with Crippen molar-refractivity contribution in [2.75, 3.05) is 14.2 Å². The van der Waals surface area contributed by atoms with Crippen molar-refractivity contribution >= 4 is 5.97 Å². The van der Waals surface area contributed by atoms with E-state index in [0.29, 0.717) is 41.5 Å². The summed E-state index contributed by atoms with van der Waals surface area (Å²) in [5.41, 5.74) is 2.71. The molecule has 7 heteroatoms. The molecule has 2 heterocycles. The SMILES string of the molecule is COc1ccc([C@@H]2CC(=O)Oc3cc(C)n(CCc4ccc(O)cc4)c(=O)c32)c(OC)c1. The highest BCUT2D eigenvalue weighted by Gasteiger charge is 2.34. The summed E-state index contributed by atoms with van der Waals surface area (Å²) < 4.78 is 18.0. The number of ether oxygens (including phenoxy) is 3. The fourth-order valence-electron chi connectivity index (χ4n) is 4.15. The summed E-state index contributed by atoms with van der Waals surface area (Å²) >= 11 is 0. The quantitative estimate of drug-likeness (QED) is 0.596. The number of rotatable bonds is 6. The number of aryl methyl sites for hydroxylation is 2. The lowest BCUT2D eigenvalue weighted by molar-refractivity contribution is -0.135. The maximum Gasteiger partial charge on any atom is 0.312 e. The van der Waals surface area contributed by atoms with Crippen LogP contribution in [0.2, 0.25) is 0 Å². The first-order chi connectivity index (χ1) is 15.4. The molecule has 1 aromatic heterocycles. The van der Waals surface area contributed by atoms with Crippen molar-refractivity contribution in [3.63, 3.8) is 0 Å². The van der Waals surface area contributed by atoms with Gasteiger partial charge in [0.15, 0.2) is 0 Å². The molecular weight excluding hydrogens is 410 g/mol. The molecule has 7 nitrogen and oxygen atoms in total. The molecule has 1 aliphatic heterocycles. The molecule has 1 atom stereocenters. The minimum atomic E-state index is -0.486. The number of hydrogen-bond acceptors (Lipinski definition) is 6. The summed E-state index contributed by atoms with van der Waals surface area (Å²) in [7, 11) is 3.11. The molecule has 32 heavy (non-hydrogen) atoms. The fraction of sp³-hybridized carbons (Fsp3) is 0.280. The number of carbonyl (C=O) groups is 1. The second-order valence-corrected chi connectivity index (χ2v) is 7.78. The molecule has 0 aliphatic carbocycles. The van der Waals surface area contributed by atoms with Gasteiger partial charge >= 0.3 is 5.97 Å². The number of aromatic hydroxyl groups is 1. The summed E-state index contributed by atoms with van der Waals surface area (Å²) in [6.45, 7) is 2.28. The molecule has 4 rings (SSSR count). The van der Waals surface area contributed by atoms with Crippen LogP contribution in [0.4, 0.5) is 0 Å². The van der Waals surface area contributed by atoms with Crippen molar-refractivity contribution in [2.45, 2.75) is 32.2 Å². The highest BCUT2D eigenvalue weighted by Crippen LogP contribution is 2.41. The number of hydrogen-bond donors (Lipinski definition) is 1. The van der Waals surface area contributed by atoms with Crippen molar-refractivity contribution in [1.29, 1.82) is 0 Å². The predicted octanol–water partition coefficient (Wildman–Crippen LogP) is 3.56. The van der Waals surface area contributed by atoms with Crippen LogP contribution in [-0.4, -0.2) is 29.9 Å². The first kappa shape index (κ1) is 21.5. The van der Waals surface area contributed by atoms with Crippen molar-refractivity contribution in [3.05, 3.63) is 81.3 Å². The van der Waals surface area contributed by atoms with E-state index in [0.717, 1.165) is 11.1 Å². The average molecular weight is 435 g/mol. The monoisotopic (exact) mass is 435 g/mol. The first-order valence-electron chi connectivity index (χ1n) is 10.4. The lowest BCUT2D eigenvalue weighted by atomic mass is 9.86. The van der Waals surface area contributed by atoms with Gasteiger partial charge < -0.3 is 23.9 Å². The Morgan fingerprint density at radius 1 is 1.06 bits per heavy atom. The Kier molecular flexibility index (Phi) is 5.90. The van der Waals surface area contributed by atoms with E-state index in [1.807, 2.05) is 25.1 Å². The van der Waals surface area contributed by atoms with E-state index in [1.54, 1.807) is 49.1 Å². The van der Waals surface area contributed by atoms with E-state index in [2.05, 4.69) is 0 Å². The summed E-state index contributed by atoms with van der Waals surface area (Å²) in [6.07, 6.45) is 0.669. The topological polar surface area (TPSA) is 87.0 Å². The number of aromatic nitrogens is 1. The second-order valence-electron chi connectivity index (χ2n) is 7.78. The maximum absolute atomic E-state index is 13.6. The van der Waals surface area contributed by atoms with Gasteiger partial charge in [-0.1, -0.05) is 18.2 Å². The molecule has 0 saturated carbocycles. The summed E-state index contributed by atoms with van der Waals surface area (Å²) in [4.78, 5) is 26.0. The number of fused-ring (bicyclic) bond motifs is 1. The number of phenols is 1. The Morgan fingerprint density at radius 3 is 2.50 bits per heavy atom.